The van der Waals surface area contributed by atoms with E-state index in [0.717, 1.165) is 44.4 Å². The third-order valence-electron chi connectivity index (χ3n) is 5.73. The second-order valence-electron chi connectivity index (χ2n) is 7.35. The molecule has 4 heteroatoms. The average Bonchev–Trinajstić information content (AvgIpc) is 2.43. The van der Waals surface area contributed by atoms with Gasteiger partial charge in [-0.2, -0.15) is 0 Å². The Kier molecular flexibility index (Phi) is 5.28. The molecule has 0 heterocycles. The van der Waals surface area contributed by atoms with Crippen LogP contribution in [0.15, 0.2) is 0 Å². The summed E-state index contributed by atoms with van der Waals surface area (Å²) in [5.74, 6) is 0.503. The molecule has 0 aromatic heterocycles. The van der Waals surface area contributed by atoms with Gasteiger partial charge in [-0.05, 0) is 43.9 Å². The number of amides is 1. The summed E-state index contributed by atoms with van der Waals surface area (Å²) in [6.07, 6.45) is 7.59. The number of hydrogen-bond acceptors (Lipinski definition) is 2. The third-order valence-corrected chi connectivity index (χ3v) is 5.73. The Bertz CT molecular complexity index is 387. The maximum absolute atomic E-state index is 12.3. The molecule has 2 fully saturated rings. The average molecular weight is 295 g/mol. The van der Waals surface area contributed by atoms with E-state index in [-0.39, 0.29) is 18.4 Å². The van der Waals surface area contributed by atoms with E-state index in [0.29, 0.717) is 18.8 Å². The maximum atomic E-state index is 12.3. The highest BCUT2D eigenvalue weighted by atomic mass is 16.4. The Hall–Kier alpha value is -1.06. The van der Waals surface area contributed by atoms with Crippen LogP contribution in [0.5, 0.6) is 0 Å². The smallest absolute Gasteiger partial charge is 0.310 e. The molecule has 0 spiro atoms. The molecule has 2 saturated carbocycles. The van der Waals surface area contributed by atoms with E-state index in [4.69, 9.17) is 0 Å². The molecule has 120 valence electrons. The van der Waals surface area contributed by atoms with Crippen LogP contribution >= 0.6 is 0 Å². The molecule has 0 aliphatic heterocycles. The molecule has 21 heavy (non-hydrogen) atoms. The zero-order chi connectivity index (χ0) is 15.5. The van der Waals surface area contributed by atoms with Crippen molar-refractivity contribution >= 4 is 11.9 Å². The van der Waals surface area contributed by atoms with E-state index in [1.807, 2.05) is 0 Å². The van der Waals surface area contributed by atoms with Gasteiger partial charge in [0.15, 0.2) is 0 Å². The van der Waals surface area contributed by atoms with Crippen LogP contribution in [0.4, 0.5) is 0 Å². The largest absolute Gasteiger partial charge is 0.481 e. The van der Waals surface area contributed by atoms with Crippen LogP contribution in [0, 0.1) is 17.3 Å². The van der Waals surface area contributed by atoms with Crippen molar-refractivity contribution in [3.63, 3.8) is 0 Å². The van der Waals surface area contributed by atoms with Crippen LogP contribution in [0.25, 0.3) is 0 Å². The minimum Gasteiger partial charge on any atom is -0.481 e. The van der Waals surface area contributed by atoms with Crippen molar-refractivity contribution in [3.05, 3.63) is 0 Å². The Morgan fingerprint density at radius 3 is 2.33 bits per heavy atom. The Morgan fingerprint density at radius 2 is 1.76 bits per heavy atom. The minimum atomic E-state index is -0.810. The van der Waals surface area contributed by atoms with Gasteiger partial charge in [0.2, 0.25) is 5.91 Å². The SMILES string of the molecule is CC1CCC(NC(=O)CC2(C(=O)O)CCCCC2)CC1C. The predicted molar refractivity (Wildman–Crippen MR) is 81.9 cm³/mol. The van der Waals surface area contributed by atoms with Crippen molar-refractivity contribution in [2.75, 3.05) is 0 Å². The van der Waals surface area contributed by atoms with Gasteiger partial charge in [-0.1, -0.05) is 33.1 Å². The number of carboxylic acid groups (broad SMARTS) is 1. The van der Waals surface area contributed by atoms with Gasteiger partial charge in [-0.3, -0.25) is 9.59 Å². The zero-order valence-electron chi connectivity index (χ0n) is 13.4. The lowest BCUT2D eigenvalue weighted by Crippen LogP contribution is -2.44. The van der Waals surface area contributed by atoms with E-state index >= 15 is 0 Å². The summed E-state index contributed by atoms with van der Waals surface area (Å²) < 4.78 is 0. The molecule has 3 atom stereocenters. The predicted octanol–water partition coefficient (Wildman–Crippen LogP) is 3.35. The number of rotatable bonds is 4. The molecular weight excluding hydrogens is 266 g/mol. The van der Waals surface area contributed by atoms with Crippen molar-refractivity contribution < 1.29 is 14.7 Å². The van der Waals surface area contributed by atoms with Crippen LogP contribution in [0.2, 0.25) is 0 Å². The fourth-order valence-corrected chi connectivity index (χ4v) is 3.96. The summed E-state index contributed by atoms with van der Waals surface area (Å²) >= 11 is 0. The van der Waals surface area contributed by atoms with Gasteiger partial charge in [-0.15, -0.1) is 0 Å². The number of nitrogens with one attached hydrogen (secondary N) is 1. The highest BCUT2D eigenvalue weighted by Gasteiger charge is 2.41. The molecule has 0 saturated heterocycles. The van der Waals surface area contributed by atoms with Crippen LogP contribution < -0.4 is 5.32 Å². The molecule has 4 nitrogen and oxygen atoms in total. The number of carboxylic acids is 1. The standard InChI is InChI=1S/C17H29NO3/c1-12-6-7-14(10-13(12)2)18-15(19)11-17(16(20)21)8-4-3-5-9-17/h12-14H,3-11H2,1-2H3,(H,18,19)(H,20,21). The van der Waals surface area contributed by atoms with Gasteiger partial charge in [-0.25, -0.2) is 0 Å². The van der Waals surface area contributed by atoms with Crippen molar-refractivity contribution in [2.24, 2.45) is 17.3 Å². The Morgan fingerprint density at radius 1 is 1.10 bits per heavy atom. The minimum absolute atomic E-state index is 0.0638. The number of aliphatic carboxylic acids is 1. The number of carbonyl (C=O) groups is 2. The summed E-state index contributed by atoms with van der Waals surface area (Å²) in [6, 6.07) is 0.234. The Labute approximate surface area is 127 Å². The summed E-state index contributed by atoms with van der Waals surface area (Å²) in [4.78, 5) is 23.9. The van der Waals surface area contributed by atoms with E-state index < -0.39 is 11.4 Å². The quantitative estimate of drug-likeness (QED) is 0.836. The van der Waals surface area contributed by atoms with E-state index in [9.17, 15) is 14.7 Å². The third kappa shape index (κ3) is 3.98. The molecule has 2 aliphatic carbocycles. The van der Waals surface area contributed by atoms with Gasteiger partial charge >= 0.3 is 5.97 Å². The number of hydrogen-bond donors (Lipinski definition) is 2. The second kappa shape index (κ2) is 6.80. The normalized spacial score (nSPS) is 32.4. The van der Waals surface area contributed by atoms with Crippen molar-refractivity contribution in [1.82, 2.24) is 5.32 Å². The zero-order valence-corrected chi connectivity index (χ0v) is 13.4. The highest BCUT2D eigenvalue weighted by molar-refractivity contribution is 5.85. The van der Waals surface area contributed by atoms with Crippen molar-refractivity contribution in [1.29, 1.82) is 0 Å². The molecule has 3 unspecified atom stereocenters. The van der Waals surface area contributed by atoms with Gasteiger partial charge in [0.05, 0.1) is 5.41 Å². The van der Waals surface area contributed by atoms with Crippen molar-refractivity contribution in [3.8, 4) is 0 Å². The molecule has 1 amide bonds. The van der Waals surface area contributed by atoms with Gasteiger partial charge < -0.3 is 10.4 Å². The summed E-state index contributed by atoms with van der Waals surface area (Å²) in [7, 11) is 0. The van der Waals surface area contributed by atoms with Gasteiger partial charge in [0, 0.05) is 12.5 Å². The van der Waals surface area contributed by atoms with Crippen LogP contribution in [0.1, 0.15) is 71.6 Å². The summed E-state index contributed by atoms with van der Waals surface area (Å²) in [5, 5.41) is 12.6. The molecular formula is C17H29NO3. The van der Waals surface area contributed by atoms with Crippen molar-refractivity contribution in [2.45, 2.75) is 77.7 Å². The first-order valence-corrected chi connectivity index (χ1v) is 8.46. The van der Waals surface area contributed by atoms with Crippen LogP contribution in [0.3, 0.4) is 0 Å². The van der Waals surface area contributed by atoms with E-state index in [1.54, 1.807) is 0 Å². The van der Waals surface area contributed by atoms with E-state index in [2.05, 4.69) is 19.2 Å². The van der Waals surface area contributed by atoms with Gasteiger partial charge in [0.1, 0.15) is 0 Å². The highest BCUT2D eigenvalue weighted by Crippen LogP contribution is 2.39. The van der Waals surface area contributed by atoms with Crippen LogP contribution in [-0.4, -0.2) is 23.0 Å². The summed E-state index contributed by atoms with van der Waals surface area (Å²) in [6.45, 7) is 4.51. The lowest BCUT2D eigenvalue weighted by atomic mass is 9.71. The van der Waals surface area contributed by atoms with Crippen LogP contribution in [-0.2, 0) is 9.59 Å². The molecule has 2 rings (SSSR count). The first kappa shape index (κ1) is 16.3. The lowest BCUT2D eigenvalue weighted by molar-refractivity contribution is -0.154. The fourth-order valence-electron chi connectivity index (χ4n) is 3.96. The molecule has 0 aromatic carbocycles. The second-order valence-corrected chi connectivity index (χ2v) is 7.35. The Balaban J connectivity index is 1.89. The molecule has 0 aromatic rings. The van der Waals surface area contributed by atoms with E-state index in [1.165, 1.54) is 0 Å². The lowest BCUT2D eigenvalue weighted by Gasteiger charge is -2.35. The fraction of sp³-hybridized carbons (Fsp3) is 0.882. The molecule has 0 bridgehead atoms. The molecule has 0 radical (unpaired) electrons. The first-order valence-electron chi connectivity index (χ1n) is 8.46. The monoisotopic (exact) mass is 295 g/mol. The topological polar surface area (TPSA) is 66.4 Å². The number of carbonyl (C=O) groups excluding carboxylic acids is 1. The molecule has 2 aliphatic rings. The first-order chi connectivity index (χ1) is 9.93. The molecule has 2 N–H and O–H groups in total. The maximum Gasteiger partial charge on any atom is 0.310 e. The van der Waals surface area contributed by atoms with Gasteiger partial charge in [0.25, 0.3) is 0 Å². The summed E-state index contributed by atoms with van der Waals surface area (Å²) in [5.41, 5.74) is -0.810.